The fraction of sp³-hybridized carbons (Fsp3) is 1.00. The van der Waals surface area contributed by atoms with E-state index in [-0.39, 0.29) is 10.1 Å². The fourth-order valence-electron chi connectivity index (χ4n) is 0. The Bertz CT molecular complexity index is 125. The molecule has 0 amide bonds. The van der Waals surface area contributed by atoms with Crippen molar-refractivity contribution >= 4 is 10.1 Å². The van der Waals surface area contributed by atoms with Gasteiger partial charge in [-0.15, -0.1) is 0 Å². The van der Waals surface area contributed by atoms with Gasteiger partial charge in [-0.25, -0.2) is 0 Å². The van der Waals surface area contributed by atoms with Crippen LogP contribution >= 0.6 is 0 Å². The molecule has 0 spiro atoms. The Labute approximate surface area is 116 Å². The summed E-state index contributed by atoms with van der Waals surface area (Å²) in [7, 11) is 0. The van der Waals surface area contributed by atoms with E-state index in [0.29, 0.717) is 26.2 Å². The Kier molecular flexibility index (Phi) is 177. The van der Waals surface area contributed by atoms with E-state index in [1.54, 1.807) is 0 Å². The molecule has 0 unspecified atom stereocenters. The summed E-state index contributed by atoms with van der Waals surface area (Å²) < 4.78 is 0. The SMILES string of the molecule is NCCN.NCCN.[Be+2].[N-]=[N+]=[N-].[N-]=[N+]=[N-].[NH3+]CC[NH3+]. The Morgan fingerprint density at radius 1 is 0.632 bits per heavy atom. The van der Waals surface area contributed by atoms with Crippen LogP contribution in [0.2, 0.25) is 0 Å². The van der Waals surface area contributed by atoms with E-state index in [4.69, 9.17) is 45.1 Å². The van der Waals surface area contributed by atoms with Gasteiger partial charge in [0.2, 0.25) is 0 Å². The summed E-state index contributed by atoms with van der Waals surface area (Å²) in [5, 5.41) is 0. The number of quaternary nitrogens is 2. The standard InChI is InChI=1S/3C2H8N2.Be.2N3/c3*3-1-2-4;;2*1-3-2/h3*1-4H2;;;/q;;;+2;2*-1/p+2. The second-order valence-electron chi connectivity index (χ2n) is 2.04. The van der Waals surface area contributed by atoms with E-state index >= 15 is 0 Å². The van der Waals surface area contributed by atoms with Crippen molar-refractivity contribution in [2.45, 2.75) is 0 Å². The molecule has 0 aromatic rings. The van der Waals surface area contributed by atoms with Crippen molar-refractivity contribution in [3.05, 3.63) is 31.9 Å². The first-order valence-corrected chi connectivity index (χ1v) is 4.93. The summed E-state index contributed by atoms with van der Waals surface area (Å²) in [5.74, 6) is 0. The average molecular weight is 275 g/mol. The van der Waals surface area contributed by atoms with Crippen LogP contribution in [0.5, 0.6) is 0 Å². The molecule has 0 saturated heterocycles. The molecule has 12 nitrogen and oxygen atoms in total. The Morgan fingerprint density at radius 2 is 0.737 bits per heavy atom. The minimum absolute atomic E-state index is 0. The quantitative estimate of drug-likeness (QED) is 0.133. The van der Waals surface area contributed by atoms with Crippen LogP contribution in [-0.4, -0.2) is 49.4 Å². The van der Waals surface area contributed by atoms with Gasteiger partial charge in [0, 0.05) is 26.2 Å². The Hall–Kier alpha value is -1.45. The van der Waals surface area contributed by atoms with Crippen LogP contribution in [-0.2, 0) is 0 Å². The molecule has 0 aliphatic carbocycles. The third kappa shape index (κ3) is 1460. The summed E-state index contributed by atoms with van der Waals surface area (Å²) in [4.78, 5) is 3.00. The van der Waals surface area contributed by atoms with Crippen LogP contribution in [0.15, 0.2) is 0 Å². The van der Waals surface area contributed by atoms with Gasteiger partial charge in [0.15, 0.2) is 0 Å². The van der Waals surface area contributed by atoms with Gasteiger partial charge in [0.25, 0.3) is 0 Å². The molecule has 110 valence electrons. The first-order chi connectivity index (χ1) is 8.57. The summed E-state index contributed by atoms with van der Waals surface area (Å²) in [6.07, 6.45) is 0. The molecule has 0 saturated carbocycles. The maximum atomic E-state index is 6.75. The average Bonchev–Trinajstić information content (AvgIpc) is 2.40. The van der Waals surface area contributed by atoms with Gasteiger partial charge in [-0.3, -0.25) is 9.82 Å². The van der Waals surface area contributed by atoms with Gasteiger partial charge in [0.05, 0.1) is 0 Å². The predicted molar refractivity (Wildman–Crippen MR) is 77.6 cm³/mol. The van der Waals surface area contributed by atoms with Crippen molar-refractivity contribution in [1.29, 1.82) is 0 Å². The first kappa shape index (κ1) is 36.0. The van der Waals surface area contributed by atoms with Gasteiger partial charge in [-0.1, -0.05) is 0 Å². The zero-order chi connectivity index (χ0) is 15.7. The molecule has 0 rings (SSSR count). The summed E-state index contributed by atoms with van der Waals surface area (Å²) in [6.45, 7) is 4.31. The van der Waals surface area contributed by atoms with Gasteiger partial charge in [-0.05, 0) is 0 Å². The van der Waals surface area contributed by atoms with Crippen molar-refractivity contribution < 1.29 is 11.5 Å². The Morgan fingerprint density at radius 3 is 0.737 bits per heavy atom. The van der Waals surface area contributed by atoms with Crippen LogP contribution in [0.3, 0.4) is 0 Å². The monoisotopic (exact) mass is 275 g/mol. The normalized spacial score (nSPS) is 5.58. The third-order valence-corrected chi connectivity index (χ3v) is 0.583. The Balaban J connectivity index is -0.0000000276. The molecule has 0 radical (unpaired) electrons. The molecule has 0 aromatic heterocycles. The van der Waals surface area contributed by atoms with Crippen LogP contribution in [0, 0.1) is 0 Å². The predicted octanol–water partition coefficient (Wildman–Crippen LogP) is -3.37. The topological polar surface area (TPSA) is 277 Å². The summed E-state index contributed by atoms with van der Waals surface area (Å²) >= 11 is 0. The van der Waals surface area contributed by atoms with Gasteiger partial charge >= 0.3 is 10.1 Å². The molecule has 0 aliphatic rings. The maximum absolute atomic E-state index is 6.75. The zero-order valence-corrected chi connectivity index (χ0v) is 11.4. The molecular weight excluding hydrogens is 249 g/mol. The molecule has 0 bridgehead atoms. The number of nitrogens with two attached hydrogens (primary N) is 4. The third-order valence-electron chi connectivity index (χ3n) is 0.583. The molecule has 0 heterocycles. The molecule has 0 atom stereocenters. The van der Waals surface area contributed by atoms with E-state index in [1.807, 2.05) is 0 Å². The second-order valence-corrected chi connectivity index (χ2v) is 2.04. The van der Waals surface area contributed by atoms with E-state index in [1.165, 1.54) is 9.82 Å². The first-order valence-electron chi connectivity index (χ1n) is 4.93. The van der Waals surface area contributed by atoms with Crippen LogP contribution in [0.4, 0.5) is 0 Å². The van der Waals surface area contributed by atoms with Gasteiger partial charge in [0.1, 0.15) is 13.1 Å². The second kappa shape index (κ2) is 93.3. The van der Waals surface area contributed by atoms with Crippen molar-refractivity contribution in [3.8, 4) is 0 Å². The summed E-state index contributed by atoms with van der Waals surface area (Å²) in [6, 6.07) is 0. The van der Waals surface area contributed by atoms with Crippen molar-refractivity contribution in [2.24, 2.45) is 22.9 Å². The number of rotatable bonds is 3. The largest absolute Gasteiger partial charge is 2.00 e. The van der Waals surface area contributed by atoms with Crippen molar-refractivity contribution in [1.82, 2.24) is 0 Å². The van der Waals surface area contributed by atoms with Crippen LogP contribution < -0.4 is 34.4 Å². The molecule has 13 heteroatoms. The molecule has 0 fully saturated rings. The number of hydrogen-bond acceptors (Lipinski definition) is 4. The number of hydrogen-bond donors (Lipinski definition) is 6. The summed E-state index contributed by atoms with van der Waals surface area (Å²) in [5.41, 5.74) is 53.7. The smallest absolute Gasteiger partial charge is 0.373 e. The number of nitrogens with zero attached hydrogens (tertiary/aromatic N) is 6. The van der Waals surface area contributed by atoms with E-state index in [0.717, 1.165) is 13.1 Å². The van der Waals surface area contributed by atoms with Gasteiger partial charge in [-0.2, -0.15) is 0 Å². The van der Waals surface area contributed by atoms with Crippen LogP contribution in [0.25, 0.3) is 31.9 Å². The van der Waals surface area contributed by atoms with Gasteiger partial charge < -0.3 is 56.5 Å². The zero-order valence-electron chi connectivity index (χ0n) is 11.4. The molecule has 19 heavy (non-hydrogen) atoms. The van der Waals surface area contributed by atoms with E-state index < -0.39 is 0 Å². The van der Waals surface area contributed by atoms with Crippen molar-refractivity contribution in [2.75, 3.05) is 39.3 Å². The minimum atomic E-state index is 0. The molecule has 0 aliphatic heterocycles. The molecule has 0 aromatic carbocycles. The van der Waals surface area contributed by atoms with Crippen LogP contribution in [0.1, 0.15) is 0 Å². The molecule has 14 N–H and O–H groups in total. The van der Waals surface area contributed by atoms with Crippen molar-refractivity contribution in [3.63, 3.8) is 0 Å². The maximum Gasteiger partial charge on any atom is 2.00 e. The fourth-order valence-corrected chi connectivity index (χ4v) is 0. The van der Waals surface area contributed by atoms with E-state index in [9.17, 15) is 0 Å². The molecular formula is C6H26BeN12+2. The minimum Gasteiger partial charge on any atom is -0.373 e. The van der Waals surface area contributed by atoms with E-state index in [2.05, 4.69) is 11.5 Å².